The van der Waals surface area contributed by atoms with Crippen LogP contribution < -0.4 is 9.64 Å². The van der Waals surface area contributed by atoms with Gasteiger partial charge in [-0.05, 0) is 43.3 Å². The molecule has 0 fully saturated rings. The summed E-state index contributed by atoms with van der Waals surface area (Å²) in [5.41, 5.74) is 0.547. The lowest BCUT2D eigenvalue weighted by Gasteiger charge is -2.21. The number of carbonyl (C=O) groups excluding carboxylic acids is 2. The molecule has 1 atom stereocenters. The molecule has 1 unspecified atom stereocenters. The predicted molar refractivity (Wildman–Crippen MR) is 105 cm³/mol. The highest BCUT2D eigenvalue weighted by molar-refractivity contribution is 7.92. The molecule has 7 nitrogen and oxygen atoms in total. The van der Waals surface area contributed by atoms with Gasteiger partial charge < -0.3 is 14.4 Å². The third kappa shape index (κ3) is 4.89. The molecule has 0 aliphatic carbocycles. The van der Waals surface area contributed by atoms with Crippen LogP contribution in [0.3, 0.4) is 0 Å². The van der Waals surface area contributed by atoms with Crippen molar-refractivity contribution in [1.29, 1.82) is 0 Å². The van der Waals surface area contributed by atoms with E-state index in [-0.39, 0.29) is 11.5 Å². The van der Waals surface area contributed by atoms with E-state index in [9.17, 15) is 18.0 Å². The summed E-state index contributed by atoms with van der Waals surface area (Å²) in [7, 11) is -1.04. The maximum atomic E-state index is 12.9. The quantitative estimate of drug-likeness (QED) is 0.627. The lowest BCUT2D eigenvalue weighted by molar-refractivity contribution is -0.143. The van der Waals surface area contributed by atoms with Gasteiger partial charge in [-0.25, -0.2) is 8.42 Å². The zero-order valence-corrected chi connectivity index (χ0v) is 16.8. The van der Waals surface area contributed by atoms with Crippen molar-refractivity contribution in [2.24, 2.45) is 0 Å². The molecule has 1 amide bonds. The van der Waals surface area contributed by atoms with Crippen LogP contribution in [0.15, 0.2) is 59.5 Å². The predicted octanol–water partition coefficient (Wildman–Crippen LogP) is 2.45. The van der Waals surface area contributed by atoms with E-state index in [2.05, 4.69) is 0 Å². The number of methoxy groups -OCH3 is 1. The fourth-order valence-corrected chi connectivity index (χ4v) is 4.12. The van der Waals surface area contributed by atoms with Gasteiger partial charge >= 0.3 is 5.97 Å². The van der Waals surface area contributed by atoms with Crippen molar-refractivity contribution in [3.63, 3.8) is 0 Å². The Bertz CT molecular complexity index is 909. The zero-order valence-electron chi connectivity index (χ0n) is 16.0. The molecule has 0 radical (unpaired) electrons. The lowest BCUT2D eigenvalue weighted by atomic mass is 10.2. The second-order valence-electron chi connectivity index (χ2n) is 5.95. The summed E-state index contributed by atoms with van der Waals surface area (Å²) in [6.07, 6.45) is -0.529. The van der Waals surface area contributed by atoms with Gasteiger partial charge in [0, 0.05) is 12.7 Å². The Morgan fingerprint density at radius 2 is 1.64 bits per heavy atom. The molecule has 0 N–H and O–H groups in total. The van der Waals surface area contributed by atoms with Crippen molar-refractivity contribution in [2.75, 3.05) is 25.7 Å². The highest BCUT2D eigenvalue weighted by Crippen LogP contribution is 2.23. The fraction of sp³-hybridized carbons (Fsp3) is 0.300. The summed E-state index contributed by atoms with van der Waals surface area (Å²) < 4.78 is 35.9. The monoisotopic (exact) mass is 405 g/mol. The number of hydrogen-bond acceptors (Lipinski definition) is 6. The Labute approximate surface area is 164 Å². The minimum Gasteiger partial charge on any atom is -0.497 e. The van der Waals surface area contributed by atoms with Crippen LogP contribution in [-0.2, 0) is 24.2 Å². The fourth-order valence-electron chi connectivity index (χ4n) is 2.57. The van der Waals surface area contributed by atoms with E-state index in [0.29, 0.717) is 11.4 Å². The largest absolute Gasteiger partial charge is 0.497 e. The number of amides is 1. The molecule has 150 valence electrons. The molecule has 0 aromatic heterocycles. The number of esters is 1. The maximum Gasteiger partial charge on any atom is 0.325 e. The van der Waals surface area contributed by atoms with Crippen molar-refractivity contribution >= 4 is 27.4 Å². The molecule has 28 heavy (non-hydrogen) atoms. The highest BCUT2D eigenvalue weighted by atomic mass is 32.2. The number of carbonyl (C=O) groups is 2. The topological polar surface area (TPSA) is 90.0 Å². The number of benzene rings is 2. The Hall–Kier alpha value is -2.87. The van der Waals surface area contributed by atoms with E-state index in [1.807, 2.05) is 0 Å². The molecule has 0 aliphatic rings. The molecule has 0 heterocycles. The number of sulfone groups is 1. The van der Waals surface area contributed by atoms with Gasteiger partial charge in [0.2, 0.25) is 5.91 Å². The minimum absolute atomic E-state index is 0.0160. The van der Waals surface area contributed by atoms with Gasteiger partial charge in [0.25, 0.3) is 0 Å². The van der Waals surface area contributed by atoms with Gasteiger partial charge in [0.15, 0.2) is 15.1 Å². The molecule has 0 spiro atoms. The van der Waals surface area contributed by atoms with E-state index < -0.39 is 33.4 Å². The normalized spacial score (nSPS) is 12.1. The third-order valence-corrected chi connectivity index (χ3v) is 6.23. The SMILES string of the molecule is CCOC(=O)C(CC(=O)N(C)c1ccc(OC)cc1)S(=O)(=O)c1ccccc1. The van der Waals surface area contributed by atoms with Crippen LogP contribution in [0.5, 0.6) is 5.75 Å². The van der Waals surface area contributed by atoms with Gasteiger partial charge in [-0.15, -0.1) is 0 Å². The molecule has 0 saturated heterocycles. The number of hydrogen-bond donors (Lipinski definition) is 0. The average molecular weight is 405 g/mol. The van der Waals surface area contributed by atoms with E-state index >= 15 is 0 Å². The molecule has 0 saturated carbocycles. The molecule has 2 aromatic carbocycles. The third-order valence-electron chi connectivity index (χ3n) is 4.19. The molecule has 0 bridgehead atoms. The Balaban J connectivity index is 2.29. The number of nitrogens with zero attached hydrogens (tertiary/aromatic N) is 1. The van der Waals surface area contributed by atoms with Crippen LogP contribution in [-0.4, -0.2) is 46.3 Å². The summed E-state index contributed by atoms with van der Waals surface area (Å²) in [5.74, 6) is -0.841. The van der Waals surface area contributed by atoms with Crippen LogP contribution in [0.2, 0.25) is 0 Å². The second kappa shape index (κ2) is 9.36. The van der Waals surface area contributed by atoms with Crippen LogP contribution in [0.1, 0.15) is 13.3 Å². The van der Waals surface area contributed by atoms with Gasteiger partial charge in [0.1, 0.15) is 5.75 Å². The van der Waals surface area contributed by atoms with Crippen LogP contribution in [0.25, 0.3) is 0 Å². The van der Waals surface area contributed by atoms with E-state index in [0.717, 1.165) is 0 Å². The first kappa shape index (κ1) is 21.4. The maximum absolute atomic E-state index is 12.9. The van der Waals surface area contributed by atoms with Crippen molar-refractivity contribution < 1.29 is 27.5 Å². The van der Waals surface area contributed by atoms with E-state index in [1.54, 1.807) is 49.4 Å². The minimum atomic E-state index is -4.09. The summed E-state index contributed by atoms with van der Waals surface area (Å²) in [4.78, 5) is 26.3. The van der Waals surface area contributed by atoms with Crippen molar-refractivity contribution in [3.05, 3.63) is 54.6 Å². The summed E-state index contributed by atoms with van der Waals surface area (Å²) in [6, 6.07) is 14.3. The number of anilines is 1. The van der Waals surface area contributed by atoms with Gasteiger partial charge in [-0.1, -0.05) is 18.2 Å². The first-order valence-electron chi connectivity index (χ1n) is 8.67. The number of rotatable bonds is 8. The molecular formula is C20H23NO6S. The Morgan fingerprint density at radius 1 is 1.04 bits per heavy atom. The molecule has 2 rings (SSSR count). The van der Waals surface area contributed by atoms with Crippen LogP contribution in [0, 0.1) is 0 Å². The van der Waals surface area contributed by atoms with E-state index in [4.69, 9.17) is 9.47 Å². The van der Waals surface area contributed by atoms with Crippen molar-refractivity contribution in [2.45, 2.75) is 23.5 Å². The van der Waals surface area contributed by atoms with Crippen molar-refractivity contribution in [3.8, 4) is 5.75 Å². The Morgan fingerprint density at radius 3 is 2.18 bits per heavy atom. The molecule has 8 heteroatoms. The first-order valence-corrected chi connectivity index (χ1v) is 10.2. The lowest BCUT2D eigenvalue weighted by Crippen LogP contribution is -2.38. The highest BCUT2D eigenvalue weighted by Gasteiger charge is 2.38. The van der Waals surface area contributed by atoms with Gasteiger partial charge in [-0.2, -0.15) is 0 Å². The van der Waals surface area contributed by atoms with Gasteiger partial charge in [0.05, 0.1) is 25.0 Å². The second-order valence-corrected chi connectivity index (χ2v) is 8.08. The summed E-state index contributed by atoms with van der Waals surface area (Å²) >= 11 is 0. The summed E-state index contributed by atoms with van der Waals surface area (Å²) in [6.45, 7) is 1.59. The smallest absolute Gasteiger partial charge is 0.325 e. The molecular weight excluding hydrogens is 382 g/mol. The first-order chi connectivity index (χ1) is 13.3. The zero-order chi connectivity index (χ0) is 20.7. The standard InChI is InChI=1S/C20H23NO6S/c1-4-27-20(23)18(28(24,25)17-8-6-5-7-9-17)14-19(22)21(2)15-10-12-16(26-3)13-11-15/h5-13,18H,4,14H2,1-3H3. The summed E-state index contributed by atoms with van der Waals surface area (Å²) in [5, 5.41) is -1.62. The van der Waals surface area contributed by atoms with Gasteiger partial charge in [-0.3, -0.25) is 9.59 Å². The molecule has 2 aromatic rings. The Kier molecular flexibility index (Phi) is 7.17. The number of ether oxygens (including phenoxy) is 2. The van der Waals surface area contributed by atoms with Crippen LogP contribution >= 0.6 is 0 Å². The molecule has 0 aliphatic heterocycles. The average Bonchev–Trinajstić information content (AvgIpc) is 2.72. The van der Waals surface area contributed by atoms with E-state index in [1.165, 1.54) is 31.2 Å². The van der Waals surface area contributed by atoms with Crippen molar-refractivity contribution in [1.82, 2.24) is 0 Å². The van der Waals surface area contributed by atoms with Crippen LogP contribution in [0.4, 0.5) is 5.69 Å².